The molecule has 0 bridgehead atoms. The van der Waals surface area contributed by atoms with Crippen molar-refractivity contribution in [1.29, 1.82) is 0 Å². The number of amides is 4. The monoisotopic (exact) mass is 697 g/mol. The van der Waals surface area contributed by atoms with Crippen LogP contribution in [0.3, 0.4) is 0 Å². The summed E-state index contributed by atoms with van der Waals surface area (Å²) in [7, 11) is -0.300. The fraction of sp³-hybridized carbons (Fsp3) is 0.250. The lowest BCUT2D eigenvalue weighted by molar-refractivity contribution is -0.138. The predicted molar refractivity (Wildman–Crippen MR) is 192 cm³/mol. The molecule has 4 N–H and O–H groups in total. The molecule has 6 unspecified atom stereocenters. The first-order chi connectivity index (χ1) is 25.1. The summed E-state index contributed by atoms with van der Waals surface area (Å²) in [4.78, 5) is 59.8. The second-order valence-electron chi connectivity index (χ2n) is 14.0. The average Bonchev–Trinajstić information content (AvgIpc) is 3.54. The molecule has 6 atom stereocenters. The van der Waals surface area contributed by atoms with Crippen molar-refractivity contribution < 1.29 is 39.1 Å². The first kappa shape index (κ1) is 33.4. The molecule has 1 saturated carbocycles. The molecule has 8 rings (SSSR count). The van der Waals surface area contributed by atoms with E-state index in [4.69, 9.17) is 4.74 Å². The van der Waals surface area contributed by atoms with Crippen molar-refractivity contribution in [3.63, 3.8) is 0 Å². The maximum atomic E-state index is 15.3. The van der Waals surface area contributed by atoms with Gasteiger partial charge in [0.2, 0.25) is 11.8 Å². The number of aryl methyl sites for hydroxylation is 1. The molecule has 4 aliphatic rings. The first-order valence-electron chi connectivity index (χ1n) is 17.2. The van der Waals surface area contributed by atoms with E-state index in [0.29, 0.717) is 28.1 Å². The van der Waals surface area contributed by atoms with E-state index >= 15 is 4.79 Å². The molecule has 4 aromatic rings. The summed E-state index contributed by atoms with van der Waals surface area (Å²) in [5, 5.41) is 32.3. The Hall–Kier alpha value is -5.72. The number of allylic oxidation sites excluding steroid dienone is 2. The number of hydrogen-bond donors (Lipinski definition) is 4. The van der Waals surface area contributed by atoms with E-state index in [0.717, 1.165) is 15.5 Å². The molecule has 52 heavy (non-hydrogen) atoms. The highest BCUT2D eigenvalue weighted by atomic mass is 16.5. The van der Waals surface area contributed by atoms with Gasteiger partial charge in [0, 0.05) is 11.5 Å². The number of carbonyl (C=O) groups is 4. The number of benzene rings is 4. The molecule has 12 heteroatoms. The number of phenolic OH excluding ortho intramolecular Hbond substituents is 1. The molecule has 4 aromatic carbocycles. The molecule has 262 valence electrons. The van der Waals surface area contributed by atoms with Crippen LogP contribution < -0.4 is 20.5 Å². The lowest BCUT2D eigenvalue weighted by Gasteiger charge is -2.50. The summed E-state index contributed by atoms with van der Waals surface area (Å²) in [6, 6.07) is 27.2. The van der Waals surface area contributed by atoms with Crippen molar-refractivity contribution in [3.05, 3.63) is 125 Å². The van der Waals surface area contributed by atoms with E-state index in [9.17, 15) is 29.5 Å². The van der Waals surface area contributed by atoms with Crippen LogP contribution in [0, 0.1) is 30.6 Å². The van der Waals surface area contributed by atoms with Crippen LogP contribution in [0.4, 0.5) is 11.4 Å². The van der Waals surface area contributed by atoms with Gasteiger partial charge >= 0.3 is 7.12 Å². The number of rotatable bonds is 7. The summed E-state index contributed by atoms with van der Waals surface area (Å²) in [5.41, 5.74) is 5.03. The van der Waals surface area contributed by atoms with Crippen molar-refractivity contribution in [2.45, 2.75) is 31.1 Å². The van der Waals surface area contributed by atoms with Gasteiger partial charge in [-0.15, -0.1) is 0 Å². The number of nitrogens with one attached hydrogen (secondary N) is 1. The van der Waals surface area contributed by atoms with Gasteiger partial charge in [0.15, 0.2) is 0 Å². The van der Waals surface area contributed by atoms with Crippen LogP contribution >= 0.6 is 0 Å². The zero-order chi connectivity index (χ0) is 36.5. The zero-order valence-corrected chi connectivity index (χ0v) is 28.5. The number of methoxy groups -OCH3 is 1. The molecule has 2 aliphatic carbocycles. The highest BCUT2D eigenvalue weighted by molar-refractivity contribution is 6.58. The highest BCUT2D eigenvalue weighted by Gasteiger charge is 2.70. The minimum Gasteiger partial charge on any atom is -0.508 e. The van der Waals surface area contributed by atoms with Crippen LogP contribution in [0.25, 0.3) is 0 Å². The molecular weight excluding hydrogens is 661 g/mol. The smallest absolute Gasteiger partial charge is 0.488 e. The summed E-state index contributed by atoms with van der Waals surface area (Å²) in [5.74, 6) is -5.76. The highest BCUT2D eigenvalue weighted by Crippen LogP contribution is 2.65. The number of phenols is 1. The maximum Gasteiger partial charge on any atom is 0.488 e. The van der Waals surface area contributed by atoms with Crippen molar-refractivity contribution in [2.24, 2.45) is 23.7 Å². The van der Waals surface area contributed by atoms with Gasteiger partial charge in [-0.3, -0.25) is 29.5 Å². The number of hydrogen-bond acceptors (Lipinski definition) is 9. The Bertz CT molecular complexity index is 2160. The molecule has 4 amide bonds. The first-order valence-corrected chi connectivity index (χ1v) is 17.2. The second kappa shape index (κ2) is 12.5. The van der Waals surface area contributed by atoms with E-state index in [1.165, 1.54) is 25.3 Å². The third kappa shape index (κ3) is 4.89. The molecule has 2 saturated heterocycles. The van der Waals surface area contributed by atoms with Gasteiger partial charge in [-0.2, -0.15) is 5.01 Å². The molecule has 11 nitrogen and oxygen atoms in total. The van der Waals surface area contributed by atoms with E-state index < -0.39 is 65.8 Å². The largest absolute Gasteiger partial charge is 0.508 e. The predicted octanol–water partition coefficient (Wildman–Crippen LogP) is 3.58. The fourth-order valence-electron chi connectivity index (χ4n) is 9.06. The molecule has 2 aliphatic heterocycles. The van der Waals surface area contributed by atoms with Crippen LogP contribution in [0.1, 0.15) is 35.4 Å². The number of carbonyl (C=O) groups excluding carboxylic acids is 4. The van der Waals surface area contributed by atoms with Crippen LogP contribution in [-0.2, 0) is 24.6 Å². The van der Waals surface area contributed by atoms with E-state index in [1.54, 1.807) is 36.4 Å². The molecule has 0 spiro atoms. The summed E-state index contributed by atoms with van der Waals surface area (Å²) < 4.78 is 5.59. The standard InChI is InChI=1S/C40H36BN3O8/c1-22-11-13-25(14-12-22)42-44-37(47)32-21-30-28(16-17-29-34(30)38(48)43(36(29)46)26-10-6-9-24(19-26)41(50)51)35(31-20-27(52-2)15-18-33(31)45)40(32,39(44)49)23-7-4-3-5-8-23/h3-16,18-20,29-30,32,34-35,42,45,50-51H,17,21H2,1-2H3. The number of anilines is 2. The van der Waals surface area contributed by atoms with Gasteiger partial charge < -0.3 is 19.9 Å². The number of aromatic hydroxyl groups is 1. The number of fused-ring (bicyclic) bond motifs is 4. The lowest BCUT2D eigenvalue weighted by atomic mass is 9.49. The minimum atomic E-state index is -1.80. The Morgan fingerprint density at radius 1 is 0.846 bits per heavy atom. The fourth-order valence-corrected chi connectivity index (χ4v) is 9.06. The SMILES string of the molecule is COc1ccc(O)c(C2C3=CCC4C(=O)N(c5cccc(B(O)O)c5)C(=O)C4C3CC3C(=O)N(Nc4ccc(C)cc4)C(=O)C32c2ccccc2)c1. The molecular formula is C40H36BN3O8. The van der Waals surface area contributed by atoms with Crippen LogP contribution in [0.15, 0.2) is 109 Å². The van der Waals surface area contributed by atoms with E-state index in [-0.39, 0.29) is 29.7 Å². The summed E-state index contributed by atoms with van der Waals surface area (Å²) >= 11 is 0. The van der Waals surface area contributed by atoms with Crippen molar-refractivity contribution in [1.82, 2.24) is 5.01 Å². The second-order valence-corrected chi connectivity index (χ2v) is 14.0. The normalized spacial score (nSPS) is 26.5. The summed E-state index contributed by atoms with van der Waals surface area (Å²) in [6.07, 6.45) is 2.18. The van der Waals surface area contributed by atoms with Crippen LogP contribution in [0.2, 0.25) is 0 Å². The molecule has 3 fully saturated rings. The van der Waals surface area contributed by atoms with Crippen molar-refractivity contribution in [2.75, 3.05) is 17.4 Å². The Balaban J connectivity index is 1.32. The third-order valence-electron chi connectivity index (χ3n) is 11.4. The van der Waals surface area contributed by atoms with Gasteiger partial charge in [-0.25, -0.2) is 0 Å². The molecule has 0 aromatic heterocycles. The van der Waals surface area contributed by atoms with Gasteiger partial charge in [-0.1, -0.05) is 71.8 Å². The number of imide groups is 2. The van der Waals surface area contributed by atoms with Gasteiger partial charge in [0.1, 0.15) is 11.5 Å². The minimum absolute atomic E-state index is 0.0853. The molecule has 2 heterocycles. The van der Waals surface area contributed by atoms with E-state index in [2.05, 4.69) is 5.43 Å². The summed E-state index contributed by atoms with van der Waals surface area (Å²) in [6.45, 7) is 1.94. The quantitative estimate of drug-likeness (QED) is 0.129. The zero-order valence-electron chi connectivity index (χ0n) is 28.5. The lowest BCUT2D eigenvalue weighted by Crippen LogP contribution is -2.53. The van der Waals surface area contributed by atoms with Gasteiger partial charge in [-0.05, 0) is 79.2 Å². The Kier molecular flexibility index (Phi) is 8.04. The van der Waals surface area contributed by atoms with Crippen molar-refractivity contribution in [3.8, 4) is 11.5 Å². The Labute approximate surface area is 300 Å². The Morgan fingerprint density at radius 2 is 1.60 bits per heavy atom. The van der Waals surface area contributed by atoms with Crippen LogP contribution in [-0.4, -0.2) is 58.0 Å². The van der Waals surface area contributed by atoms with Crippen LogP contribution in [0.5, 0.6) is 11.5 Å². The number of nitrogens with zero attached hydrogens (tertiary/aromatic N) is 2. The van der Waals surface area contributed by atoms with Gasteiger partial charge in [0.25, 0.3) is 11.8 Å². The average molecular weight is 698 g/mol. The number of ether oxygens (including phenoxy) is 1. The van der Waals surface area contributed by atoms with Gasteiger partial charge in [0.05, 0.1) is 41.7 Å². The third-order valence-corrected chi connectivity index (χ3v) is 11.4. The topological polar surface area (TPSA) is 157 Å². The number of hydrazine groups is 1. The van der Waals surface area contributed by atoms with E-state index in [1.807, 2.05) is 55.5 Å². The molecule has 0 radical (unpaired) electrons. The van der Waals surface area contributed by atoms with Crippen molar-refractivity contribution >= 4 is 47.6 Å². The Morgan fingerprint density at radius 3 is 2.31 bits per heavy atom. The maximum absolute atomic E-state index is 15.3.